The lowest BCUT2D eigenvalue weighted by Crippen LogP contribution is -2.08. The van der Waals surface area contributed by atoms with E-state index in [9.17, 15) is 0 Å². The highest BCUT2D eigenvalue weighted by molar-refractivity contribution is 5.89. The van der Waals surface area contributed by atoms with Crippen molar-refractivity contribution in [2.45, 2.75) is 25.8 Å². The third kappa shape index (κ3) is 2.49. The Morgan fingerprint density at radius 2 is 2.38 bits per heavy atom. The molecule has 0 saturated carbocycles. The Hall–Kier alpha value is -2.70. The van der Waals surface area contributed by atoms with Crippen molar-refractivity contribution in [3.05, 3.63) is 31.0 Å². The van der Waals surface area contributed by atoms with Crippen molar-refractivity contribution in [3.63, 3.8) is 0 Å². The van der Waals surface area contributed by atoms with Crippen LogP contribution >= 0.6 is 0 Å². The lowest BCUT2D eigenvalue weighted by Gasteiger charge is -2.12. The predicted molar refractivity (Wildman–Crippen MR) is 79.3 cm³/mol. The van der Waals surface area contributed by atoms with Crippen LogP contribution in [-0.2, 0) is 0 Å². The second-order valence-electron chi connectivity index (χ2n) is 4.77. The minimum Gasteiger partial charge on any atom is -0.411 e. The Bertz CT molecular complexity index is 760. The largest absolute Gasteiger partial charge is 0.411 e. The van der Waals surface area contributed by atoms with E-state index in [0.717, 1.165) is 28.7 Å². The molecule has 108 valence electrons. The molecule has 7 heteroatoms. The third-order valence-electron chi connectivity index (χ3n) is 3.53. The van der Waals surface area contributed by atoms with Gasteiger partial charge in [-0.25, -0.2) is 9.97 Å². The van der Waals surface area contributed by atoms with Gasteiger partial charge in [0.15, 0.2) is 0 Å². The fourth-order valence-corrected chi connectivity index (χ4v) is 2.39. The van der Waals surface area contributed by atoms with Crippen molar-refractivity contribution in [1.82, 2.24) is 24.7 Å². The molecule has 0 aliphatic rings. The molecular weight excluding hydrogens is 268 g/mol. The number of fused-ring (bicyclic) bond motifs is 1. The van der Waals surface area contributed by atoms with Gasteiger partial charge in [-0.05, 0) is 12.5 Å². The number of nitrogens with zero attached hydrogens (tertiary/aromatic N) is 5. The maximum absolute atomic E-state index is 8.55. The zero-order chi connectivity index (χ0) is 14.7. The van der Waals surface area contributed by atoms with E-state index < -0.39 is 0 Å². The lowest BCUT2D eigenvalue weighted by molar-refractivity contribution is 0.318. The first-order chi connectivity index (χ1) is 10.3. The summed E-state index contributed by atoms with van der Waals surface area (Å²) >= 11 is 0. The summed E-state index contributed by atoms with van der Waals surface area (Å²) in [5.41, 5.74) is 2.62. The molecule has 0 radical (unpaired) electrons. The van der Waals surface area contributed by atoms with Crippen LogP contribution in [0.15, 0.2) is 36.1 Å². The number of hydrogen-bond acceptors (Lipinski definition) is 5. The first-order valence-electron chi connectivity index (χ1n) is 6.82. The molecule has 21 heavy (non-hydrogen) atoms. The van der Waals surface area contributed by atoms with Crippen LogP contribution in [0.25, 0.3) is 22.3 Å². The van der Waals surface area contributed by atoms with Crippen LogP contribution in [0.1, 0.15) is 25.8 Å². The van der Waals surface area contributed by atoms with Crippen molar-refractivity contribution in [1.29, 1.82) is 0 Å². The molecule has 7 nitrogen and oxygen atoms in total. The maximum atomic E-state index is 8.55. The Morgan fingerprint density at radius 3 is 3.19 bits per heavy atom. The molecule has 2 N–H and O–H groups in total. The first kappa shape index (κ1) is 13.3. The normalized spacial score (nSPS) is 13.2. The molecule has 3 aromatic heterocycles. The highest BCUT2D eigenvalue weighted by Gasteiger charge is 2.13. The number of oxime groups is 1. The molecule has 3 rings (SSSR count). The number of rotatable bonds is 5. The van der Waals surface area contributed by atoms with Crippen molar-refractivity contribution < 1.29 is 5.21 Å². The van der Waals surface area contributed by atoms with Gasteiger partial charge in [-0.3, -0.25) is 4.68 Å². The average molecular weight is 284 g/mol. The van der Waals surface area contributed by atoms with Crippen LogP contribution < -0.4 is 0 Å². The van der Waals surface area contributed by atoms with Crippen LogP contribution in [0.5, 0.6) is 0 Å². The summed E-state index contributed by atoms with van der Waals surface area (Å²) in [7, 11) is 0. The fraction of sp³-hybridized carbons (Fsp3) is 0.286. The minimum atomic E-state index is 0.165. The maximum Gasteiger partial charge on any atom is 0.141 e. The Labute approximate surface area is 121 Å². The molecule has 1 atom stereocenters. The molecule has 0 fully saturated rings. The SMILES string of the molecule is CCC(CC=NO)n1cc(-c2ncnc3[nH]ccc23)cn1. The van der Waals surface area contributed by atoms with E-state index in [4.69, 9.17) is 5.21 Å². The summed E-state index contributed by atoms with van der Waals surface area (Å²) < 4.78 is 1.89. The molecule has 0 spiro atoms. The van der Waals surface area contributed by atoms with Crippen LogP contribution in [0.2, 0.25) is 0 Å². The minimum absolute atomic E-state index is 0.165. The molecule has 3 aromatic rings. The van der Waals surface area contributed by atoms with E-state index in [1.54, 1.807) is 12.5 Å². The van der Waals surface area contributed by atoms with Gasteiger partial charge in [0, 0.05) is 36.0 Å². The second kappa shape index (κ2) is 5.74. The van der Waals surface area contributed by atoms with Gasteiger partial charge in [-0.15, -0.1) is 5.16 Å². The molecule has 0 bridgehead atoms. The van der Waals surface area contributed by atoms with Gasteiger partial charge < -0.3 is 10.2 Å². The molecule has 0 aliphatic heterocycles. The highest BCUT2D eigenvalue weighted by Crippen LogP contribution is 2.25. The predicted octanol–water partition coefficient (Wildman–Crippen LogP) is 2.62. The van der Waals surface area contributed by atoms with E-state index in [1.165, 1.54) is 6.21 Å². The molecule has 1 unspecified atom stereocenters. The average Bonchev–Trinajstić information content (AvgIpc) is 3.16. The van der Waals surface area contributed by atoms with Crippen molar-refractivity contribution in [3.8, 4) is 11.3 Å². The van der Waals surface area contributed by atoms with E-state index in [-0.39, 0.29) is 6.04 Å². The van der Waals surface area contributed by atoms with E-state index in [0.29, 0.717) is 6.42 Å². The van der Waals surface area contributed by atoms with Crippen molar-refractivity contribution in [2.75, 3.05) is 0 Å². The Balaban J connectivity index is 1.96. The zero-order valence-corrected chi connectivity index (χ0v) is 11.6. The molecule has 0 aromatic carbocycles. The monoisotopic (exact) mass is 284 g/mol. The van der Waals surface area contributed by atoms with Gasteiger partial charge in [-0.1, -0.05) is 6.92 Å². The lowest BCUT2D eigenvalue weighted by atomic mass is 10.1. The van der Waals surface area contributed by atoms with Gasteiger partial charge in [0.2, 0.25) is 0 Å². The second-order valence-corrected chi connectivity index (χ2v) is 4.77. The number of aromatic amines is 1. The molecule has 0 saturated heterocycles. The third-order valence-corrected chi connectivity index (χ3v) is 3.53. The summed E-state index contributed by atoms with van der Waals surface area (Å²) in [5, 5.41) is 17.0. The summed E-state index contributed by atoms with van der Waals surface area (Å²) in [4.78, 5) is 11.6. The number of H-pyrrole nitrogens is 1. The molecule has 3 heterocycles. The fourth-order valence-electron chi connectivity index (χ4n) is 2.39. The van der Waals surface area contributed by atoms with E-state index in [2.05, 4.69) is 32.1 Å². The summed E-state index contributed by atoms with van der Waals surface area (Å²) in [6, 6.07) is 2.12. The number of nitrogens with one attached hydrogen (secondary N) is 1. The standard InChI is InChI=1S/C14H16N6O/c1-2-11(3-6-19-21)20-8-10(7-18-20)13-12-4-5-15-14(12)17-9-16-13/h4-9,11,21H,2-3H2,1H3,(H,15,16,17). The van der Waals surface area contributed by atoms with Gasteiger partial charge in [-0.2, -0.15) is 5.10 Å². The van der Waals surface area contributed by atoms with E-state index >= 15 is 0 Å². The van der Waals surface area contributed by atoms with Crippen molar-refractivity contribution >= 4 is 17.2 Å². The van der Waals surface area contributed by atoms with Crippen LogP contribution in [0, 0.1) is 0 Å². The highest BCUT2D eigenvalue weighted by atomic mass is 16.4. The summed E-state index contributed by atoms with van der Waals surface area (Å²) in [6.45, 7) is 2.08. The Morgan fingerprint density at radius 1 is 1.48 bits per heavy atom. The van der Waals surface area contributed by atoms with Crippen LogP contribution in [0.4, 0.5) is 0 Å². The van der Waals surface area contributed by atoms with Crippen LogP contribution in [-0.4, -0.2) is 36.2 Å². The summed E-state index contributed by atoms with van der Waals surface area (Å²) in [6.07, 6.45) is 10.2. The van der Waals surface area contributed by atoms with Gasteiger partial charge in [0.1, 0.15) is 12.0 Å². The molecule has 0 amide bonds. The van der Waals surface area contributed by atoms with Gasteiger partial charge in [0.05, 0.1) is 17.9 Å². The van der Waals surface area contributed by atoms with E-state index in [1.807, 2.05) is 23.1 Å². The van der Waals surface area contributed by atoms with Crippen LogP contribution in [0.3, 0.4) is 0 Å². The quantitative estimate of drug-likeness (QED) is 0.428. The topological polar surface area (TPSA) is 92.0 Å². The first-order valence-corrected chi connectivity index (χ1v) is 6.82. The van der Waals surface area contributed by atoms with Crippen molar-refractivity contribution in [2.24, 2.45) is 5.16 Å². The Kier molecular flexibility index (Phi) is 3.63. The molecule has 0 aliphatic carbocycles. The summed E-state index contributed by atoms with van der Waals surface area (Å²) in [5.74, 6) is 0. The smallest absolute Gasteiger partial charge is 0.141 e. The number of hydrogen-bond donors (Lipinski definition) is 2. The number of aromatic nitrogens is 5. The van der Waals surface area contributed by atoms with Gasteiger partial charge in [0.25, 0.3) is 0 Å². The zero-order valence-electron chi connectivity index (χ0n) is 11.6. The van der Waals surface area contributed by atoms with Gasteiger partial charge >= 0.3 is 0 Å². The molecular formula is C14H16N6O.